The first kappa shape index (κ1) is 42.9. The minimum Gasteiger partial charge on any atom is -0.466 e. The van der Waals surface area contributed by atoms with Crippen LogP contribution in [0.3, 0.4) is 0 Å². The van der Waals surface area contributed by atoms with E-state index in [-0.39, 0.29) is 17.9 Å². The van der Waals surface area contributed by atoms with Gasteiger partial charge in [-0.3, -0.25) is 9.59 Å². The first-order valence-corrected chi connectivity index (χ1v) is 20.5. The zero-order chi connectivity index (χ0) is 33.5. The van der Waals surface area contributed by atoms with Gasteiger partial charge in [-0.05, 0) is 64.0 Å². The molecular weight excluding hydrogens is 570 g/mol. The van der Waals surface area contributed by atoms with E-state index in [9.17, 15) is 9.59 Å². The summed E-state index contributed by atoms with van der Waals surface area (Å²) in [7, 11) is 2.09. The van der Waals surface area contributed by atoms with Crippen LogP contribution in [-0.2, 0) is 19.1 Å². The average molecular weight is 650 g/mol. The molecule has 272 valence electrons. The van der Waals surface area contributed by atoms with E-state index in [1.165, 1.54) is 148 Å². The smallest absolute Gasteiger partial charge is 0.310 e. The molecule has 0 aliphatic carbocycles. The Morgan fingerprint density at radius 1 is 0.587 bits per heavy atom. The van der Waals surface area contributed by atoms with Crippen LogP contribution in [0.4, 0.5) is 0 Å². The van der Waals surface area contributed by atoms with Crippen molar-refractivity contribution >= 4 is 11.9 Å². The Morgan fingerprint density at radius 2 is 1.04 bits per heavy atom. The molecule has 46 heavy (non-hydrogen) atoms. The van der Waals surface area contributed by atoms with Gasteiger partial charge in [0.2, 0.25) is 0 Å². The number of hydrogen-bond donors (Lipinski definition) is 0. The molecule has 1 rings (SSSR count). The van der Waals surface area contributed by atoms with E-state index < -0.39 is 0 Å². The molecule has 0 N–H and O–H groups in total. The van der Waals surface area contributed by atoms with Gasteiger partial charge in [-0.2, -0.15) is 0 Å². The molecule has 0 saturated carbocycles. The Morgan fingerprint density at radius 3 is 1.59 bits per heavy atom. The van der Waals surface area contributed by atoms with Gasteiger partial charge in [0.1, 0.15) is 0 Å². The summed E-state index contributed by atoms with van der Waals surface area (Å²) >= 11 is 0. The number of esters is 2. The number of hydrogen-bond acceptors (Lipinski definition) is 5. The molecule has 1 aliphatic heterocycles. The molecule has 5 nitrogen and oxygen atoms in total. The van der Waals surface area contributed by atoms with Crippen molar-refractivity contribution in [1.82, 2.24) is 4.90 Å². The van der Waals surface area contributed by atoms with Crippen LogP contribution in [0.1, 0.15) is 201 Å². The van der Waals surface area contributed by atoms with Crippen LogP contribution in [0.15, 0.2) is 0 Å². The van der Waals surface area contributed by atoms with E-state index in [1.807, 2.05) is 0 Å². The third-order valence-corrected chi connectivity index (χ3v) is 10.3. The summed E-state index contributed by atoms with van der Waals surface area (Å²) < 4.78 is 11.5. The number of carbonyl (C=O) groups is 2. The Kier molecular flexibility index (Phi) is 29.1. The van der Waals surface area contributed by atoms with Crippen LogP contribution in [0.25, 0.3) is 0 Å². The van der Waals surface area contributed by atoms with Gasteiger partial charge in [0.05, 0.1) is 19.1 Å². The zero-order valence-corrected chi connectivity index (χ0v) is 31.4. The molecule has 2 unspecified atom stereocenters. The molecule has 0 amide bonds. The summed E-state index contributed by atoms with van der Waals surface area (Å²) in [5, 5.41) is 0. The van der Waals surface area contributed by atoms with Gasteiger partial charge >= 0.3 is 11.9 Å². The second-order valence-corrected chi connectivity index (χ2v) is 14.9. The van der Waals surface area contributed by atoms with E-state index in [2.05, 4.69) is 32.7 Å². The highest BCUT2D eigenvalue weighted by molar-refractivity contribution is 5.73. The van der Waals surface area contributed by atoms with Gasteiger partial charge in [0.25, 0.3) is 0 Å². The quantitative estimate of drug-likeness (QED) is 0.0523. The lowest BCUT2D eigenvalue weighted by atomic mass is 9.91. The standard InChI is InChI=1S/C41H79NO4/c1-5-8-11-12-13-14-17-22-28-38(36-46-41(44)39-32-33-42(4)35-39)29-23-18-15-16-19-24-31-40(43)45-34-25-30-37(26-20-9-6-2)27-21-10-7-3/h37-39H,5-36H2,1-4H3. The molecule has 0 aromatic heterocycles. The Labute approximate surface area is 287 Å². The molecular formula is C41H79NO4. The number of carbonyl (C=O) groups excluding carboxylic acids is 2. The van der Waals surface area contributed by atoms with Gasteiger partial charge in [-0.15, -0.1) is 0 Å². The first-order chi connectivity index (χ1) is 22.5. The normalized spacial score (nSPS) is 15.9. The summed E-state index contributed by atoms with van der Waals surface area (Å²) in [4.78, 5) is 27.1. The zero-order valence-electron chi connectivity index (χ0n) is 31.4. The molecule has 2 atom stereocenters. The molecule has 1 fully saturated rings. The minimum absolute atomic E-state index is 0.00360. The summed E-state index contributed by atoms with van der Waals surface area (Å²) in [6, 6.07) is 0. The molecule has 1 heterocycles. The number of ether oxygens (including phenoxy) is 2. The Hall–Kier alpha value is -1.10. The van der Waals surface area contributed by atoms with Crippen molar-refractivity contribution in [3.8, 4) is 0 Å². The maximum atomic E-state index is 12.6. The van der Waals surface area contributed by atoms with Crippen molar-refractivity contribution in [1.29, 1.82) is 0 Å². The minimum atomic E-state index is -0.00360. The molecule has 0 aromatic carbocycles. The predicted molar refractivity (Wildman–Crippen MR) is 196 cm³/mol. The second-order valence-electron chi connectivity index (χ2n) is 14.9. The molecule has 1 aliphatic rings. The molecule has 0 spiro atoms. The van der Waals surface area contributed by atoms with E-state index in [1.54, 1.807) is 0 Å². The van der Waals surface area contributed by atoms with Gasteiger partial charge < -0.3 is 14.4 Å². The summed E-state index contributed by atoms with van der Waals surface area (Å²) in [5.74, 6) is 1.40. The van der Waals surface area contributed by atoms with Crippen LogP contribution in [0, 0.1) is 17.8 Å². The highest BCUT2D eigenvalue weighted by Crippen LogP contribution is 2.24. The lowest BCUT2D eigenvalue weighted by Gasteiger charge is -2.19. The average Bonchev–Trinajstić information content (AvgIpc) is 3.49. The fourth-order valence-corrected chi connectivity index (χ4v) is 7.16. The van der Waals surface area contributed by atoms with E-state index in [0.29, 0.717) is 25.6 Å². The summed E-state index contributed by atoms with van der Waals surface area (Å²) in [6.07, 6.45) is 34.4. The van der Waals surface area contributed by atoms with Crippen molar-refractivity contribution in [3.63, 3.8) is 0 Å². The van der Waals surface area contributed by atoms with Crippen molar-refractivity contribution in [2.45, 2.75) is 201 Å². The third kappa shape index (κ3) is 25.0. The number of likely N-dealkylation sites (tertiary alicyclic amines) is 1. The van der Waals surface area contributed by atoms with E-state index >= 15 is 0 Å². The van der Waals surface area contributed by atoms with Gasteiger partial charge in [0, 0.05) is 13.0 Å². The van der Waals surface area contributed by atoms with Crippen molar-refractivity contribution < 1.29 is 19.1 Å². The van der Waals surface area contributed by atoms with Crippen LogP contribution < -0.4 is 0 Å². The first-order valence-electron chi connectivity index (χ1n) is 20.5. The highest BCUT2D eigenvalue weighted by atomic mass is 16.5. The van der Waals surface area contributed by atoms with Crippen LogP contribution in [-0.4, -0.2) is 50.2 Å². The van der Waals surface area contributed by atoms with Crippen LogP contribution in [0.2, 0.25) is 0 Å². The topological polar surface area (TPSA) is 55.8 Å². The second kappa shape index (κ2) is 31.2. The van der Waals surface area contributed by atoms with Crippen molar-refractivity contribution in [2.75, 3.05) is 33.4 Å². The van der Waals surface area contributed by atoms with Crippen LogP contribution >= 0.6 is 0 Å². The SMILES string of the molecule is CCCCCCCCCCC(CCCCCCCCC(=O)OCCCC(CCCCC)CCCCC)COC(=O)C1CCN(C)C1. The molecule has 0 radical (unpaired) electrons. The van der Waals surface area contributed by atoms with Crippen molar-refractivity contribution in [3.05, 3.63) is 0 Å². The third-order valence-electron chi connectivity index (χ3n) is 10.3. The van der Waals surface area contributed by atoms with E-state index in [0.717, 1.165) is 44.7 Å². The van der Waals surface area contributed by atoms with E-state index in [4.69, 9.17) is 9.47 Å². The lowest BCUT2D eigenvalue weighted by Crippen LogP contribution is -2.24. The summed E-state index contributed by atoms with van der Waals surface area (Å²) in [6.45, 7) is 9.89. The number of rotatable bonds is 33. The lowest BCUT2D eigenvalue weighted by molar-refractivity contribution is -0.149. The predicted octanol–water partition coefficient (Wildman–Crippen LogP) is 11.8. The molecule has 0 aromatic rings. The largest absolute Gasteiger partial charge is 0.466 e. The van der Waals surface area contributed by atoms with Gasteiger partial charge in [-0.1, -0.05) is 156 Å². The highest BCUT2D eigenvalue weighted by Gasteiger charge is 2.28. The maximum absolute atomic E-state index is 12.6. The fraction of sp³-hybridized carbons (Fsp3) is 0.951. The Bertz CT molecular complexity index is 688. The molecule has 1 saturated heterocycles. The Balaban J connectivity index is 2.17. The molecule has 0 bridgehead atoms. The maximum Gasteiger partial charge on any atom is 0.310 e. The van der Waals surface area contributed by atoms with Crippen LogP contribution in [0.5, 0.6) is 0 Å². The van der Waals surface area contributed by atoms with Gasteiger partial charge in [-0.25, -0.2) is 0 Å². The monoisotopic (exact) mass is 650 g/mol. The van der Waals surface area contributed by atoms with Gasteiger partial charge in [0.15, 0.2) is 0 Å². The summed E-state index contributed by atoms with van der Waals surface area (Å²) in [5.41, 5.74) is 0. The number of unbranched alkanes of at least 4 members (excludes halogenated alkanes) is 16. The van der Waals surface area contributed by atoms with Crippen molar-refractivity contribution in [2.24, 2.45) is 17.8 Å². The number of nitrogens with zero attached hydrogens (tertiary/aromatic N) is 1. The molecule has 5 heteroatoms. The fourth-order valence-electron chi connectivity index (χ4n) is 7.16.